The number of benzene rings is 1. The Morgan fingerprint density at radius 3 is 2.48 bits per heavy atom. The molecule has 0 atom stereocenters. The summed E-state index contributed by atoms with van der Waals surface area (Å²) in [7, 11) is 1.46. The van der Waals surface area contributed by atoms with Crippen molar-refractivity contribution >= 4 is 16.7 Å². The zero-order chi connectivity index (χ0) is 23.5. The van der Waals surface area contributed by atoms with Crippen LogP contribution in [0.2, 0.25) is 0 Å². The van der Waals surface area contributed by atoms with Crippen molar-refractivity contribution < 1.29 is 22.3 Å². The van der Waals surface area contributed by atoms with Gasteiger partial charge in [0, 0.05) is 5.56 Å². The summed E-state index contributed by atoms with van der Waals surface area (Å²) in [5.74, 6) is 0.295. The Kier molecular flexibility index (Phi) is 4.46. The average Bonchev–Trinajstić information content (AvgIpc) is 3.36. The molecule has 7 nitrogen and oxygen atoms in total. The molecule has 0 aliphatic carbocycles. The fourth-order valence-electron chi connectivity index (χ4n) is 3.81. The van der Waals surface area contributed by atoms with Gasteiger partial charge in [-0.2, -0.15) is 17.7 Å². The van der Waals surface area contributed by atoms with Crippen LogP contribution in [0.4, 0.5) is 13.2 Å². The van der Waals surface area contributed by atoms with Gasteiger partial charge in [-0.25, -0.2) is 9.97 Å². The van der Waals surface area contributed by atoms with E-state index in [1.165, 1.54) is 26.2 Å². The Morgan fingerprint density at radius 1 is 1.09 bits per heavy atom. The molecule has 1 N–H and O–H groups in total. The molecule has 0 radical (unpaired) electrons. The fourth-order valence-corrected chi connectivity index (χ4v) is 3.81. The van der Waals surface area contributed by atoms with E-state index >= 15 is 0 Å². The molecule has 166 valence electrons. The Labute approximate surface area is 184 Å². The van der Waals surface area contributed by atoms with Crippen LogP contribution in [0.25, 0.3) is 39.3 Å². The first-order chi connectivity index (χ1) is 15.7. The van der Waals surface area contributed by atoms with Gasteiger partial charge in [0.15, 0.2) is 16.9 Å². The topological polar surface area (TPSA) is 85.4 Å². The summed E-state index contributed by atoms with van der Waals surface area (Å²) < 4.78 is 53.4. The number of fused-ring (bicyclic) bond motifs is 2. The number of hydrogen-bond acceptors (Lipinski definition) is 5. The smallest absolute Gasteiger partial charge is 0.433 e. The number of H-pyrrole nitrogens is 1. The summed E-state index contributed by atoms with van der Waals surface area (Å²) in [6.07, 6.45) is -4.74. The van der Waals surface area contributed by atoms with Crippen molar-refractivity contribution in [1.82, 2.24) is 19.6 Å². The SMILES string of the molecule is COc1c(C)c#cc2oc(-c3c(C)nc4c(-c5ccccc5)c(C(F)(F)F)[nH]n4c3=O)nc12. The lowest BCUT2D eigenvalue weighted by molar-refractivity contribution is -0.140. The van der Waals surface area contributed by atoms with Crippen molar-refractivity contribution in [2.24, 2.45) is 0 Å². The highest BCUT2D eigenvalue weighted by atomic mass is 19.4. The highest BCUT2D eigenvalue weighted by molar-refractivity contribution is 5.84. The van der Waals surface area contributed by atoms with Crippen molar-refractivity contribution in [3.05, 3.63) is 69.8 Å². The molecule has 0 bridgehead atoms. The van der Waals surface area contributed by atoms with E-state index in [1.54, 1.807) is 25.1 Å². The fraction of sp³-hybridized carbons (Fsp3) is 0.174. The van der Waals surface area contributed by atoms with Crippen LogP contribution < -0.4 is 10.3 Å². The van der Waals surface area contributed by atoms with Crippen LogP contribution >= 0.6 is 0 Å². The quantitative estimate of drug-likeness (QED) is 0.427. The second kappa shape index (κ2) is 7.13. The summed E-state index contributed by atoms with van der Waals surface area (Å²) in [5, 5.41) is 2.18. The number of aryl methyl sites for hydroxylation is 1. The van der Waals surface area contributed by atoms with Crippen molar-refractivity contribution in [2.45, 2.75) is 20.0 Å². The number of methoxy groups -OCH3 is 1. The zero-order valence-corrected chi connectivity index (χ0v) is 17.6. The van der Waals surface area contributed by atoms with Gasteiger partial charge < -0.3 is 9.15 Å². The van der Waals surface area contributed by atoms with Gasteiger partial charge in [0.2, 0.25) is 11.5 Å². The van der Waals surface area contributed by atoms with Gasteiger partial charge in [0.25, 0.3) is 5.56 Å². The number of aromatic amines is 1. The summed E-state index contributed by atoms with van der Waals surface area (Å²) in [6.45, 7) is 3.26. The molecule has 5 aromatic rings. The third-order valence-corrected chi connectivity index (χ3v) is 5.27. The third-order valence-electron chi connectivity index (χ3n) is 5.27. The molecule has 2 aromatic carbocycles. The molecular weight excluding hydrogens is 437 g/mol. The number of alkyl halides is 3. The maximum atomic E-state index is 13.9. The Bertz CT molecular complexity index is 1580. The number of rotatable bonds is 3. The molecule has 5 rings (SSSR count). The van der Waals surface area contributed by atoms with E-state index in [2.05, 4.69) is 27.2 Å². The third kappa shape index (κ3) is 3.12. The molecule has 33 heavy (non-hydrogen) atoms. The highest BCUT2D eigenvalue weighted by Crippen LogP contribution is 2.38. The van der Waals surface area contributed by atoms with Crippen LogP contribution in [0.1, 0.15) is 17.0 Å². The molecule has 0 aliphatic heterocycles. The molecule has 0 aliphatic rings. The lowest BCUT2D eigenvalue weighted by Crippen LogP contribution is -2.20. The van der Waals surface area contributed by atoms with Crippen LogP contribution in [0.3, 0.4) is 0 Å². The van der Waals surface area contributed by atoms with Crippen molar-refractivity contribution in [1.29, 1.82) is 0 Å². The molecule has 3 heterocycles. The summed E-state index contributed by atoms with van der Waals surface area (Å²) in [6, 6.07) is 13.6. The summed E-state index contributed by atoms with van der Waals surface area (Å²) >= 11 is 0. The largest absolute Gasteiger partial charge is 0.493 e. The standard InChI is InChI=1S/C23H15F3N4O3/c1-11-9-10-14-17(18(11)32-3)28-21(33-14)15-12(2)27-20-16(13-7-5-4-6-8-13)19(23(24,25)26)29-30(20)22(15)31/h4-8,29H,1-3H3. The molecule has 0 fully saturated rings. The molecule has 3 aromatic heterocycles. The number of oxazole rings is 1. The molecular formula is C23H15F3N4O3. The highest BCUT2D eigenvalue weighted by Gasteiger charge is 2.38. The van der Waals surface area contributed by atoms with Crippen molar-refractivity contribution in [3.63, 3.8) is 0 Å². The average molecular weight is 452 g/mol. The van der Waals surface area contributed by atoms with Crippen LogP contribution in [-0.2, 0) is 6.18 Å². The van der Waals surface area contributed by atoms with Gasteiger partial charge in [0.05, 0.1) is 18.4 Å². The first-order valence-electron chi connectivity index (χ1n) is 9.77. The second-order valence-electron chi connectivity index (χ2n) is 7.37. The number of aromatic nitrogens is 4. The van der Waals surface area contributed by atoms with E-state index < -0.39 is 17.4 Å². The molecule has 0 saturated carbocycles. The van der Waals surface area contributed by atoms with E-state index in [0.717, 1.165) is 4.52 Å². The maximum absolute atomic E-state index is 13.9. The van der Waals surface area contributed by atoms with Crippen molar-refractivity contribution in [3.8, 4) is 28.3 Å². The monoisotopic (exact) mass is 452 g/mol. The van der Waals surface area contributed by atoms with Gasteiger partial charge in [-0.1, -0.05) is 36.4 Å². The predicted molar refractivity (Wildman–Crippen MR) is 113 cm³/mol. The van der Waals surface area contributed by atoms with Crippen LogP contribution in [0, 0.1) is 26.0 Å². The number of hydrogen-bond donors (Lipinski definition) is 1. The normalized spacial score (nSPS) is 11.8. The van der Waals surface area contributed by atoms with Gasteiger partial charge >= 0.3 is 6.18 Å². The molecule has 0 unspecified atom stereocenters. The molecule has 0 spiro atoms. The number of halogens is 3. The molecule has 0 saturated heterocycles. The summed E-state index contributed by atoms with van der Waals surface area (Å²) in [4.78, 5) is 22.0. The lowest BCUT2D eigenvalue weighted by Gasteiger charge is -2.07. The van der Waals surface area contributed by atoms with Crippen LogP contribution in [0.5, 0.6) is 5.75 Å². The first-order valence-corrected chi connectivity index (χ1v) is 9.77. The predicted octanol–water partition coefficient (Wildman–Crippen LogP) is 4.74. The van der Waals surface area contributed by atoms with Gasteiger partial charge in [0.1, 0.15) is 11.3 Å². The lowest BCUT2D eigenvalue weighted by atomic mass is 10.1. The summed E-state index contributed by atoms with van der Waals surface area (Å²) in [5.41, 5.74) is -0.708. The molecule has 0 amide bonds. The minimum atomic E-state index is -4.74. The Balaban J connectivity index is 1.82. The van der Waals surface area contributed by atoms with Gasteiger partial charge in [-0.05, 0) is 25.5 Å². The van der Waals surface area contributed by atoms with E-state index in [9.17, 15) is 18.0 Å². The number of nitrogens with one attached hydrogen (secondary N) is 1. The molecule has 10 heteroatoms. The Hall–Kier alpha value is -4.26. The van der Waals surface area contributed by atoms with Crippen LogP contribution in [-0.4, -0.2) is 26.7 Å². The Morgan fingerprint density at radius 2 is 1.82 bits per heavy atom. The van der Waals surface area contributed by atoms with Crippen molar-refractivity contribution in [2.75, 3.05) is 7.11 Å². The van der Waals surface area contributed by atoms with E-state index in [1.807, 2.05) is 0 Å². The van der Waals surface area contributed by atoms with E-state index in [0.29, 0.717) is 16.8 Å². The second-order valence-corrected chi connectivity index (χ2v) is 7.37. The zero-order valence-electron chi connectivity index (χ0n) is 17.6. The van der Waals surface area contributed by atoms with Crippen LogP contribution in [0.15, 0.2) is 39.5 Å². The van der Waals surface area contributed by atoms with Gasteiger partial charge in [-0.3, -0.25) is 9.89 Å². The number of nitrogens with zero attached hydrogens (tertiary/aromatic N) is 3. The van der Waals surface area contributed by atoms with E-state index in [-0.39, 0.29) is 39.5 Å². The minimum Gasteiger partial charge on any atom is -0.493 e. The maximum Gasteiger partial charge on any atom is 0.433 e. The number of ether oxygens (including phenoxy) is 1. The van der Waals surface area contributed by atoms with Gasteiger partial charge in [-0.15, -0.1) is 0 Å². The first kappa shape index (κ1) is 20.6. The van der Waals surface area contributed by atoms with E-state index in [4.69, 9.17) is 9.15 Å². The minimum absolute atomic E-state index is 0.0774.